The Bertz CT molecular complexity index is 735. The molecule has 2 rings (SSSR count). The topological polar surface area (TPSA) is 85.1 Å². The maximum atomic E-state index is 12.1. The number of aromatic nitrogens is 1. The van der Waals surface area contributed by atoms with Crippen molar-refractivity contribution in [3.05, 3.63) is 61.9 Å². The number of benzene rings is 1. The van der Waals surface area contributed by atoms with Crippen LogP contribution >= 0.6 is 23.2 Å². The largest absolute Gasteiger partial charge is 0.322 e. The quantitative estimate of drug-likeness (QED) is 0.527. The Balaban J connectivity index is 2.29. The highest BCUT2D eigenvalue weighted by atomic mass is 35.5. The standard InChI is InChI=1S/C13H9Cl2N3O3/c1-7-2-3-8(4-11(7)18(20)21)17-13(19)9-5-12(15)16-6-10(9)14/h2-6H,1H3,(H,17,19). The van der Waals surface area contributed by atoms with Crippen molar-refractivity contribution < 1.29 is 9.72 Å². The molecule has 1 N–H and O–H groups in total. The zero-order chi connectivity index (χ0) is 15.6. The summed E-state index contributed by atoms with van der Waals surface area (Å²) >= 11 is 11.6. The van der Waals surface area contributed by atoms with Crippen molar-refractivity contribution in [1.29, 1.82) is 0 Å². The predicted octanol–water partition coefficient (Wildman–Crippen LogP) is 3.86. The van der Waals surface area contributed by atoms with Gasteiger partial charge in [-0.15, -0.1) is 0 Å². The summed E-state index contributed by atoms with van der Waals surface area (Å²) in [5.41, 5.74) is 0.857. The number of nitro benzene ring substituents is 1. The summed E-state index contributed by atoms with van der Waals surface area (Å²) in [4.78, 5) is 26.2. The van der Waals surface area contributed by atoms with Gasteiger partial charge < -0.3 is 5.32 Å². The lowest BCUT2D eigenvalue weighted by atomic mass is 10.1. The van der Waals surface area contributed by atoms with Crippen molar-refractivity contribution in [3.63, 3.8) is 0 Å². The molecule has 21 heavy (non-hydrogen) atoms. The van der Waals surface area contributed by atoms with Gasteiger partial charge in [0.1, 0.15) is 5.15 Å². The fourth-order valence-electron chi connectivity index (χ4n) is 1.67. The first-order chi connectivity index (χ1) is 9.88. The van der Waals surface area contributed by atoms with Crippen LogP contribution in [0.3, 0.4) is 0 Å². The molecule has 0 saturated carbocycles. The van der Waals surface area contributed by atoms with E-state index in [0.717, 1.165) is 0 Å². The molecular formula is C13H9Cl2N3O3. The normalized spacial score (nSPS) is 10.2. The highest BCUT2D eigenvalue weighted by Gasteiger charge is 2.15. The third-order valence-corrected chi connectivity index (χ3v) is 3.24. The zero-order valence-corrected chi connectivity index (χ0v) is 12.3. The van der Waals surface area contributed by atoms with Crippen LogP contribution in [0.25, 0.3) is 0 Å². The predicted molar refractivity (Wildman–Crippen MR) is 80.0 cm³/mol. The van der Waals surface area contributed by atoms with Gasteiger partial charge in [-0.2, -0.15) is 0 Å². The van der Waals surface area contributed by atoms with Crippen LogP contribution in [0, 0.1) is 17.0 Å². The number of hydrogen-bond donors (Lipinski definition) is 1. The van der Waals surface area contributed by atoms with Gasteiger partial charge in [0.15, 0.2) is 0 Å². The van der Waals surface area contributed by atoms with Gasteiger partial charge in [0.25, 0.3) is 11.6 Å². The Morgan fingerprint density at radius 2 is 2.05 bits per heavy atom. The zero-order valence-electron chi connectivity index (χ0n) is 10.8. The van der Waals surface area contributed by atoms with Gasteiger partial charge in [-0.05, 0) is 19.1 Å². The van der Waals surface area contributed by atoms with Gasteiger partial charge in [0.05, 0.1) is 15.5 Å². The maximum Gasteiger partial charge on any atom is 0.274 e. The highest BCUT2D eigenvalue weighted by Crippen LogP contribution is 2.24. The Morgan fingerprint density at radius 3 is 2.71 bits per heavy atom. The number of aryl methyl sites for hydroxylation is 1. The average Bonchev–Trinajstić information content (AvgIpc) is 2.43. The second kappa shape index (κ2) is 6.07. The van der Waals surface area contributed by atoms with E-state index in [1.165, 1.54) is 18.3 Å². The fourth-order valence-corrected chi connectivity index (χ4v) is 2.02. The van der Waals surface area contributed by atoms with E-state index in [9.17, 15) is 14.9 Å². The first-order valence-corrected chi connectivity index (χ1v) is 6.51. The third kappa shape index (κ3) is 3.48. The van der Waals surface area contributed by atoms with Gasteiger partial charge in [0.2, 0.25) is 0 Å². The lowest BCUT2D eigenvalue weighted by molar-refractivity contribution is -0.385. The van der Waals surface area contributed by atoms with Crippen LogP contribution in [0.15, 0.2) is 30.5 Å². The Kier molecular flexibility index (Phi) is 4.40. The summed E-state index contributed by atoms with van der Waals surface area (Å²) in [5, 5.41) is 13.7. The minimum Gasteiger partial charge on any atom is -0.322 e. The summed E-state index contributed by atoms with van der Waals surface area (Å²) < 4.78 is 0. The van der Waals surface area contributed by atoms with Crippen molar-refractivity contribution in [1.82, 2.24) is 4.98 Å². The summed E-state index contributed by atoms with van der Waals surface area (Å²) in [6.07, 6.45) is 1.26. The number of rotatable bonds is 3. The van der Waals surface area contributed by atoms with E-state index >= 15 is 0 Å². The van der Waals surface area contributed by atoms with Crippen LogP contribution in [-0.4, -0.2) is 15.8 Å². The molecule has 0 unspecified atom stereocenters. The van der Waals surface area contributed by atoms with Gasteiger partial charge in [0, 0.05) is 23.5 Å². The molecule has 8 heteroatoms. The molecule has 0 aliphatic rings. The van der Waals surface area contributed by atoms with E-state index in [0.29, 0.717) is 11.3 Å². The van der Waals surface area contributed by atoms with E-state index in [2.05, 4.69) is 10.3 Å². The second-order valence-corrected chi connectivity index (χ2v) is 4.99. The molecule has 0 aliphatic heterocycles. The number of hydrogen-bond acceptors (Lipinski definition) is 4. The lowest BCUT2D eigenvalue weighted by Crippen LogP contribution is -2.13. The Hall–Kier alpha value is -2.18. The molecule has 0 atom stereocenters. The van der Waals surface area contributed by atoms with Crippen LogP contribution < -0.4 is 5.32 Å². The molecule has 6 nitrogen and oxygen atoms in total. The van der Waals surface area contributed by atoms with Gasteiger partial charge >= 0.3 is 0 Å². The molecular weight excluding hydrogens is 317 g/mol. The van der Waals surface area contributed by atoms with Crippen LogP contribution in [0.1, 0.15) is 15.9 Å². The summed E-state index contributed by atoms with van der Waals surface area (Å²) in [7, 11) is 0. The number of halogens is 2. The molecule has 1 aromatic carbocycles. The smallest absolute Gasteiger partial charge is 0.274 e. The Labute approximate surface area is 129 Å². The number of carbonyl (C=O) groups is 1. The minimum atomic E-state index is -0.526. The molecule has 2 aromatic rings. The first-order valence-electron chi connectivity index (χ1n) is 5.76. The molecule has 0 aliphatic carbocycles. The highest BCUT2D eigenvalue weighted by molar-refractivity contribution is 6.35. The van der Waals surface area contributed by atoms with Gasteiger partial charge in [-0.25, -0.2) is 4.98 Å². The van der Waals surface area contributed by atoms with Gasteiger partial charge in [-0.3, -0.25) is 14.9 Å². The van der Waals surface area contributed by atoms with Crippen molar-refractivity contribution in [3.8, 4) is 0 Å². The maximum absolute atomic E-state index is 12.1. The molecule has 108 valence electrons. The molecule has 0 radical (unpaired) electrons. The van der Waals surface area contributed by atoms with E-state index in [1.807, 2.05) is 0 Å². The van der Waals surface area contributed by atoms with Crippen LogP contribution in [0.4, 0.5) is 11.4 Å². The number of nitrogens with one attached hydrogen (secondary N) is 1. The molecule has 1 aromatic heterocycles. The van der Waals surface area contributed by atoms with Gasteiger partial charge in [-0.1, -0.05) is 29.3 Å². The summed E-state index contributed by atoms with van der Waals surface area (Å²) in [6, 6.07) is 5.72. The molecule has 0 fully saturated rings. The lowest BCUT2D eigenvalue weighted by Gasteiger charge is -2.07. The van der Waals surface area contributed by atoms with Crippen LogP contribution in [-0.2, 0) is 0 Å². The summed E-state index contributed by atoms with van der Waals surface area (Å²) in [5.74, 6) is -0.526. The van der Waals surface area contributed by atoms with Crippen LogP contribution in [0.5, 0.6) is 0 Å². The monoisotopic (exact) mass is 325 g/mol. The van der Waals surface area contributed by atoms with Crippen LogP contribution in [0.2, 0.25) is 10.2 Å². The summed E-state index contributed by atoms with van der Waals surface area (Å²) in [6.45, 7) is 1.61. The number of anilines is 1. The van der Waals surface area contributed by atoms with Crippen molar-refractivity contribution in [2.75, 3.05) is 5.32 Å². The third-order valence-electron chi connectivity index (χ3n) is 2.73. The van der Waals surface area contributed by atoms with Crippen molar-refractivity contribution in [2.24, 2.45) is 0 Å². The van der Waals surface area contributed by atoms with E-state index in [1.54, 1.807) is 19.1 Å². The molecule has 0 saturated heterocycles. The number of nitro groups is 1. The second-order valence-electron chi connectivity index (χ2n) is 4.20. The van der Waals surface area contributed by atoms with E-state index < -0.39 is 10.8 Å². The number of nitrogens with zero attached hydrogens (tertiary/aromatic N) is 2. The first kappa shape index (κ1) is 15.2. The van der Waals surface area contributed by atoms with E-state index in [-0.39, 0.29) is 21.4 Å². The fraction of sp³-hybridized carbons (Fsp3) is 0.0769. The van der Waals surface area contributed by atoms with Crippen molar-refractivity contribution >= 4 is 40.5 Å². The van der Waals surface area contributed by atoms with E-state index in [4.69, 9.17) is 23.2 Å². The number of pyridine rings is 1. The van der Waals surface area contributed by atoms with Crippen molar-refractivity contribution in [2.45, 2.75) is 6.92 Å². The molecule has 1 heterocycles. The molecule has 1 amide bonds. The molecule has 0 bridgehead atoms. The number of carbonyl (C=O) groups excluding carboxylic acids is 1. The molecule has 0 spiro atoms. The number of amides is 1. The Morgan fingerprint density at radius 1 is 1.33 bits per heavy atom. The average molecular weight is 326 g/mol. The minimum absolute atomic E-state index is 0.0772. The SMILES string of the molecule is Cc1ccc(NC(=O)c2cc(Cl)ncc2Cl)cc1[N+](=O)[O-].